The van der Waals surface area contributed by atoms with Gasteiger partial charge in [0, 0.05) is 11.1 Å². The number of halogens is 2. The van der Waals surface area contributed by atoms with E-state index in [1.807, 2.05) is 6.92 Å². The van der Waals surface area contributed by atoms with E-state index in [4.69, 9.17) is 5.73 Å². The minimum absolute atomic E-state index is 0.00823. The number of anilines is 1. The van der Waals surface area contributed by atoms with Crippen molar-refractivity contribution >= 4 is 5.82 Å². The first kappa shape index (κ1) is 10.6. The lowest BCUT2D eigenvalue weighted by Gasteiger charge is -2.02. The van der Waals surface area contributed by atoms with Crippen LogP contribution in [0, 0.1) is 6.92 Å². The molecule has 2 rings (SSSR count). The molecule has 16 heavy (non-hydrogen) atoms. The first-order valence-electron chi connectivity index (χ1n) is 4.78. The summed E-state index contributed by atoms with van der Waals surface area (Å²) in [4.78, 5) is 0. The summed E-state index contributed by atoms with van der Waals surface area (Å²) in [6, 6.07) is 6.05. The Morgan fingerprint density at radius 1 is 1.25 bits per heavy atom. The van der Waals surface area contributed by atoms with Gasteiger partial charge in [-0.1, -0.05) is 24.3 Å². The molecule has 0 aliphatic carbocycles. The Bertz CT molecular complexity index is 488. The molecule has 0 unspecified atom stereocenters. The molecule has 3 nitrogen and oxygen atoms in total. The number of nitrogens with one attached hydrogen (secondary N) is 1. The summed E-state index contributed by atoms with van der Waals surface area (Å²) in [5.41, 5.74) is 7.99. The average molecular weight is 223 g/mol. The monoisotopic (exact) mass is 223 g/mol. The van der Waals surface area contributed by atoms with Gasteiger partial charge in [0.25, 0.3) is 6.43 Å². The number of nitrogen functional groups attached to an aromatic ring is 1. The Kier molecular flexibility index (Phi) is 2.60. The zero-order chi connectivity index (χ0) is 11.7. The van der Waals surface area contributed by atoms with Gasteiger partial charge < -0.3 is 5.73 Å². The van der Waals surface area contributed by atoms with Crippen molar-refractivity contribution in [1.82, 2.24) is 10.2 Å². The molecule has 0 atom stereocenters. The zero-order valence-corrected chi connectivity index (χ0v) is 8.67. The fourth-order valence-corrected chi connectivity index (χ4v) is 1.49. The number of alkyl halides is 2. The second-order valence-electron chi connectivity index (χ2n) is 3.53. The normalized spacial score (nSPS) is 11.0. The molecule has 2 aromatic rings. The molecule has 0 aliphatic heterocycles. The molecule has 0 aliphatic rings. The number of nitrogens with zero attached hydrogens (tertiary/aromatic N) is 1. The maximum absolute atomic E-state index is 12.3. The first-order valence-corrected chi connectivity index (χ1v) is 4.78. The maximum Gasteiger partial charge on any atom is 0.263 e. The van der Waals surface area contributed by atoms with Crippen LogP contribution in [0.15, 0.2) is 24.3 Å². The van der Waals surface area contributed by atoms with Crippen LogP contribution >= 0.6 is 0 Å². The lowest BCUT2D eigenvalue weighted by atomic mass is 10.1. The lowest BCUT2D eigenvalue weighted by Crippen LogP contribution is -1.87. The molecule has 0 amide bonds. The average Bonchev–Trinajstić information content (AvgIpc) is 2.60. The Morgan fingerprint density at radius 2 is 1.88 bits per heavy atom. The predicted octanol–water partition coefficient (Wildman–Crippen LogP) is 2.90. The van der Waals surface area contributed by atoms with Crippen LogP contribution in [0.4, 0.5) is 14.6 Å². The van der Waals surface area contributed by atoms with Crippen molar-refractivity contribution in [2.75, 3.05) is 5.73 Å². The summed E-state index contributed by atoms with van der Waals surface area (Å²) in [7, 11) is 0. The molecule has 3 N–H and O–H groups in total. The molecule has 0 fully saturated rings. The van der Waals surface area contributed by atoms with Crippen LogP contribution in [0.25, 0.3) is 11.3 Å². The summed E-state index contributed by atoms with van der Waals surface area (Å²) in [5.74, 6) is 0.424. The summed E-state index contributed by atoms with van der Waals surface area (Å²) in [6.07, 6.45) is -2.44. The second-order valence-corrected chi connectivity index (χ2v) is 3.53. The van der Waals surface area contributed by atoms with E-state index in [-0.39, 0.29) is 5.56 Å². The Hall–Kier alpha value is -1.91. The van der Waals surface area contributed by atoms with Crippen LogP contribution in [0.5, 0.6) is 0 Å². The molecule has 1 aromatic heterocycles. The molecular weight excluding hydrogens is 212 g/mol. The standard InChI is InChI=1S/C11H11F2N3/c1-6-9(15-16-11(6)14)7-2-4-8(5-3-7)10(12)13/h2-5,10H,1H3,(H3,14,15,16). The number of rotatable bonds is 2. The van der Waals surface area contributed by atoms with Crippen molar-refractivity contribution in [2.45, 2.75) is 13.3 Å². The van der Waals surface area contributed by atoms with Gasteiger partial charge in [-0.05, 0) is 12.5 Å². The number of nitrogens with two attached hydrogens (primary N) is 1. The minimum atomic E-state index is -2.44. The predicted molar refractivity (Wildman–Crippen MR) is 58.1 cm³/mol. The number of H-pyrrole nitrogens is 1. The fraction of sp³-hybridized carbons (Fsp3) is 0.182. The van der Waals surface area contributed by atoms with E-state index in [1.54, 1.807) is 12.1 Å². The summed E-state index contributed by atoms with van der Waals surface area (Å²) in [6.45, 7) is 1.83. The Morgan fingerprint density at radius 3 is 2.31 bits per heavy atom. The highest BCUT2D eigenvalue weighted by Crippen LogP contribution is 2.26. The third-order valence-electron chi connectivity index (χ3n) is 2.50. The van der Waals surface area contributed by atoms with Gasteiger partial charge in [-0.15, -0.1) is 0 Å². The third kappa shape index (κ3) is 1.76. The molecule has 1 aromatic carbocycles. The van der Waals surface area contributed by atoms with Crippen molar-refractivity contribution < 1.29 is 8.78 Å². The van der Waals surface area contributed by atoms with Gasteiger partial charge in [0.2, 0.25) is 0 Å². The van der Waals surface area contributed by atoms with Gasteiger partial charge in [-0.25, -0.2) is 8.78 Å². The largest absolute Gasteiger partial charge is 0.382 e. The molecule has 5 heteroatoms. The van der Waals surface area contributed by atoms with E-state index in [1.165, 1.54) is 12.1 Å². The van der Waals surface area contributed by atoms with Crippen molar-refractivity contribution in [1.29, 1.82) is 0 Å². The van der Waals surface area contributed by atoms with Gasteiger partial charge in [0.05, 0.1) is 5.69 Å². The van der Waals surface area contributed by atoms with E-state index < -0.39 is 6.43 Å². The number of aromatic amines is 1. The van der Waals surface area contributed by atoms with Gasteiger partial charge >= 0.3 is 0 Å². The van der Waals surface area contributed by atoms with Crippen molar-refractivity contribution in [3.63, 3.8) is 0 Å². The summed E-state index contributed by atoms with van der Waals surface area (Å²) < 4.78 is 24.7. The number of hydrogen-bond acceptors (Lipinski definition) is 2. The molecule has 84 valence electrons. The molecule has 0 radical (unpaired) electrons. The summed E-state index contributed by atoms with van der Waals surface area (Å²) >= 11 is 0. The molecule has 0 saturated heterocycles. The molecule has 0 spiro atoms. The van der Waals surface area contributed by atoms with E-state index in [0.29, 0.717) is 5.82 Å². The molecule has 1 heterocycles. The van der Waals surface area contributed by atoms with Crippen LogP contribution in [0.1, 0.15) is 17.6 Å². The van der Waals surface area contributed by atoms with Crippen LogP contribution in [0.3, 0.4) is 0 Å². The molecule has 0 bridgehead atoms. The zero-order valence-electron chi connectivity index (χ0n) is 8.67. The number of aromatic nitrogens is 2. The highest BCUT2D eigenvalue weighted by atomic mass is 19.3. The first-order chi connectivity index (χ1) is 7.59. The number of benzene rings is 1. The topological polar surface area (TPSA) is 54.7 Å². The smallest absolute Gasteiger partial charge is 0.263 e. The van der Waals surface area contributed by atoms with Crippen molar-refractivity contribution in [3.8, 4) is 11.3 Å². The van der Waals surface area contributed by atoms with Gasteiger partial charge in [-0.2, -0.15) is 5.10 Å². The highest BCUT2D eigenvalue weighted by Gasteiger charge is 2.10. The minimum Gasteiger partial charge on any atom is -0.382 e. The van der Waals surface area contributed by atoms with Gasteiger partial charge in [0.15, 0.2) is 0 Å². The Labute approximate surface area is 91.3 Å². The Balaban J connectivity index is 2.38. The maximum atomic E-state index is 12.3. The van der Waals surface area contributed by atoms with Crippen LogP contribution in [0.2, 0.25) is 0 Å². The van der Waals surface area contributed by atoms with Crippen LogP contribution < -0.4 is 5.73 Å². The third-order valence-corrected chi connectivity index (χ3v) is 2.50. The number of hydrogen-bond donors (Lipinski definition) is 2. The quantitative estimate of drug-likeness (QED) is 0.822. The fourth-order valence-electron chi connectivity index (χ4n) is 1.49. The van der Waals surface area contributed by atoms with Gasteiger partial charge in [0.1, 0.15) is 5.82 Å². The van der Waals surface area contributed by atoms with E-state index in [2.05, 4.69) is 10.2 Å². The lowest BCUT2D eigenvalue weighted by molar-refractivity contribution is 0.151. The van der Waals surface area contributed by atoms with E-state index >= 15 is 0 Å². The highest BCUT2D eigenvalue weighted by molar-refractivity contribution is 5.67. The SMILES string of the molecule is Cc1c(N)n[nH]c1-c1ccc(C(F)F)cc1. The second kappa shape index (κ2) is 3.92. The van der Waals surface area contributed by atoms with Crippen molar-refractivity contribution in [3.05, 3.63) is 35.4 Å². The van der Waals surface area contributed by atoms with Crippen LogP contribution in [-0.4, -0.2) is 10.2 Å². The van der Waals surface area contributed by atoms with Gasteiger partial charge in [-0.3, -0.25) is 5.10 Å². The molecule has 0 saturated carbocycles. The van der Waals surface area contributed by atoms with Crippen molar-refractivity contribution in [2.24, 2.45) is 0 Å². The molecular formula is C11H11F2N3. The van der Waals surface area contributed by atoms with E-state index in [0.717, 1.165) is 16.8 Å². The summed E-state index contributed by atoms with van der Waals surface area (Å²) in [5, 5.41) is 6.63. The van der Waals surface area contributed by atoms with Crippen LogP contribution in [-0.2, 0) is 0 Å². The van der Waals surface area contributed by atoms with E-state index in [9.17, 15) is 8.78 Å².